The van der Waals surface area contributed by atoms with Gasteiger partial charge in [0, 0.05) is 0 Å². The van der Waals surface area contributed by atoms with Gasteiger partial charge in [-0.3, -0.25) is 0 Å². The molecule has 1 rings (SSSR count). The summed E-state index contributed by atoms with van der Waals surface area (Å²) in [6, 6.07) is 4.19. The monoisotopic (exact) mass is 281 g/mol. The zero-order valence-electron chi connectivity index (χ0n) is 7.15. The fourth-order valence-corrected chi connectivity index (χ4v) is 1.26. The highest BCUT2D eigenvalue weighted by atomic mass is 79.9. The Bertz CT molecular complexity index is 408. The molecule has 0 unspecified atom stereocenters. The molecule has 0 saturated carbocycles. The third-order valence-electron chi connectivity index (χ3n) is 1.69. The molecule has 0 aliphatic heterocycles. The topological polar surface area (TPSA) is 23.8 Å². The average molecular weight is 282 g/mol. The number of hydrogen-bond donors (Lipinski definition) is 0. The van der Waals surface area contributed by atoms with E-state index in [4.69, 9.17) is 5.26 Å². The van der Waals surface area contributed by atoms with Crippen LogP contribution in [-0.2, 0) is 0 Å². The van der Waals surface area contributed by atoms with E-state index in [2.05, 4.69) is 15.9 Å². The highest BCUT2D eigenvalue weighted by Crippen LogP contribution is 2.39. The van der Waals surface area contributed by atoms with Crippen LogP contribution in [0.1, 0.15) is 16.0 Å². The van der Waals surface area contributed by atoms with Crippen molar-refractivity contribution < 1.29 is 17.6 Å². The first kappa shape index (κ1) is 12.0. The Kier molecular flexibility index (Phi) is 3.35. The molecule has 1 nitrogen and oxygen atoms in total. The molecular weight excluding hydrogens is 278 g/mol. The Hall–Kier alpha value is -1.09. The van der Waals surface area contributed by atoms with Crippen LogP contribution in [0.4, 0.5) is 17.6 Å². The Morgan fingerprint density at radius 3 is 2.40 bits per heavy atom. The Balaban J connectivity index is 3.13. The van der Waals surface area contributed by atoms with E-state index in [1.54, 1.807) is 0 Å². The van der Waals surface area contributed by atoms with Gasteiger partial charge >= 0.3 is 6.18 Å². The molecule has 15 heavy (non-hydrogen) atoms. The fraction of sp³-hybridized carbons (Fsp3) is 0.222. The fourth-order valence-electron chi connectivity index (χ4n) is 0.975. The van der Waals surface area contributed by atoms with E-state index in [9.17, 15) is 17.6 Å². The number of halogens is 5. The van der Waals surface area contributed by atoms with Crippen molar-refractivity contribution in [3.8, 4) is 6.07 Å². The van der Waals surface area contributed by atoms with E-state index >= 15 is 0 Å². The largest absolute Gasteiger partial charge is 0.405 e. The molecule has 1 aromatic rings. The van der Waals surface area contributed by atoms with Gasteiger partial charge in [-0.25, -0.2) is 4.39 Å². The lowest BCUT2D eigenvalue weighted by atomic mass is 10.1. The molecule has 0 aromatic heterocycles. The first-order valence-corrected chi connectivity index (χ1v) is 4.68. The molecule has 0 spiro atoms. The molecule has 0 aliphatic carbocycles. The van der Waals surface area contributed by atoms with Crippen LogP contribution in [0.25, 0.3) is 0 Å². The number of nitriles is 1. The van der Waals surface area contributed by atoms with Crippen molar-refractivity contribution >= 4 is 15.9 Å². The molecule has 0 heterocycles. The van der Waals surface area contributed by atoms with Crippen LogP contribution in [0.3, 0.4) is 0 Å². The molecule has 1 atom stereocenters. The SMILES string of the molecule is N#Cc1cc([C@H](Br)C(F)(F)F)ccc1F. The minimum Gasteiger partial charge on any atom is -0.206 e. The van der Waals surface area contributed by atoms with E-state index < -0.39 is 22.4 Å². The predicted octanol–water partition coefficient (Wildman–Crippen LogP) is 3.70. The van der Waals surface area contributed by atoms with Crippen LogP contribution in [0, 0.1) is 17.1 Å². The first-order valence-electron chi connectivity index (χ1n) is 3.76. The highest BCUT2D eigenvalue weighted by molar-refractivity contribution is 9.09. The smallest absolute Gasteiger partial charge is 0.206 e. The highest BCUT2D eigenvalue weighted by Gasteiger charge is 2.38. The lowest BCUT2D eigenvalue weighted by Gasteiger charge is -2.14. The number of alkyl halides is 4. The van der Waals surface area contributed by atoms with Crippen LogP contribution in [0.2, 0.25) is 0 Å². The maximum atomic E-state index is 12.8. The molecular formula is C9H4BrF4N. The van der Waals surface area contributed by atoms with Gasteiger partial charge in [0.15, 0.2) is 0 Å². The van der Waals surface area contributed by atoms with Gasteiger partial charge in [0.25, 0.3) is 0 Å². The molecule has 0 bridgehead atoms. The molecule has 0 fully saturated rings. The summed E-state index contributed by atoms with van der Waals surface area (Å²) in [5.74, 6) is -0.830. The zero-order valence-corrected chi connectivity index (χ0v) is 8.73. The average Bonchev–Trinajstić information content (AvgIpc) is 2.16. The Morgan fingerprint density at radius 2 is 1.93 bits per heavy atom. The maximum absolute atomic E-state index is 12.8. The molecule has 6 heteroatoms. The van der Waals surface area contributed by atoms with E-state index in [0.717, 1.165) is 18.2 Å². The summed E-state index contributed by atoms with van der Waals surface area (Å²) in [6.45, 7) is 0. The third-order valence-corrected chi connectivity index (χ3v) is 2.74. The van der Waals surface area contributed by atoms with Gasteiger partial charge in [0.1, 0.15) is 16.7 Å². The van der Waals surface area contributed by atoms with E-state index in [1.165, 1.54) is 6.07 Å². The summed E-state index contributed by atoms with van der Waals surface area (Å²) in [7, 11) is 0. The van der Waals surface area contributed by atoms with Gasteiger partial charge < -0.3 is 0 Å². The minimum atomic E-state index is -4.47. The van der Waals surface area contributed by atoms with Gasteiger partial charge in [-0.15, -0.1) is 0 Å². The summed E-state index contributed by atoms with van der Waals surface area (Å²) < 4.78 is 49.6. The minimum absolute atomic E-state index is 0.194. The second kappa shape index (κ2) is 4.19. The van der Waals surface area contributed by atoms with Crippen LogP contribution in [0.15, 0.2) is 18.2 Å². The molecule has 0 N–H and O–H groups in total. The zero-order chi connectivity index (χ0) is 11.6. The van der Waals surface area contributed by atoms with Gasteiger partial charge in [-0.1, -0.05) is 22.0 Å². The third kappa shape index (κ3) is 2.69. The maximum Gasteiger partial charge on any atom is 0.405 e. The van der Waals surface area contributed by atoms with Crippen LogP contribution >= 0.6 is 15.9 Å². The summed E-state index contributed by atoms with van der Waals surface area (Å²) in [5.41, 5.74) is -0.596. The molecule has 0 aliphatic rings. The van der Waals surface area contributed by atoms with Crippen LogP contribution < -0.4 is 0 Å². The molecule has 80 valence electrons. The van der Waals surface area contributed by atoms with E-state index in [0.29, 0.717) is 0 Å². The van der Waals surface area contributed by atoms with Crippen molar-refractivity contribution in [3.63, 3.8) is 0 Å². The predicted molar refractivity (Wildman–Crippen MR) is 48.8 cm³/mol. The number of benzene rings is 1. The second-order valence-electron chi connectivity index (χ2n) is 2.76. The normalized spacial score (nSPS) is 13.3. The Morgan fingerprint density at radius 1 is 1.33 bits per heavy atom. The summed E-state index contributed by atoms with van der Waals surface area (Å²) in [6.07, 6.45) is -4.47. The van der Waals surface area contributed by atoms with E-state index in [1.807, 2.05) is 0 Å². The first-order chi connectivity index (χ1) is 6.86. The summed E-state index contributed by atoms with van der Waals surface area (Å²) in [4.78, 5) is -1.89. The molecule has 0 amide bonds. The van der Waals surface area contributed by atoms with Crippen LogP contribution in [-0.4, -0.2) is 6.18 Å². The summed E-state index contributed by atoms with van der Waals surface area (Å²) in [5, 5.41) is 8.44. The van der Waals surface area contributed by atoms with Gasteiger partial charge in [-0.2, -0.15) is 18.4 Å². The van der Waals surface area contributed by atoms with Gasteiger partial charge in [0.05, 0.1) is 5.56 Å². The van der Waals surface area contributed by atoms with Crippen molar-refractivity contribution in [1.29, 1.82) is 5.26 Å². The van der Waals surface area contributed by atoms with Crippen molar-refractivity contribution in [3.05, 3.63) is 35.1 Å². The lowest BCUT2D eigenvalue weighted by molar-refractivity contribution is -0.128. The number of rotatable bonds is 1. The Labute approximate surface area is 91.4 Å². The van der Waals surface area contributed by atoms with Crippen molar-refractivity contribution in [2.75, 3.05) is 0 Å². The quantitative estimate of drug-likeness (QED) is 0.569. The standard InChI is InChI=1S/C9H4BrF4N/c10-8(9(12,13)14)5-1-2-7(11)6(3-5)4-15/h1-3,8H/t8-/m0/s1. The number of hydrogen-bond acceptors (Lipinski definition) is 1. The molecule has 0 saturated heterocycles. The summed E-state index contributed by atoms with van der Waals surface area (Å²) >= 11 is 2.44. The lowest BCUT2D eigenvalue weighted by Crippen LogP contribution is -2.15. The van der Waals surface area contributed by atoms with E-state index in [-0.39, 0.29) is 5.56 Å². The van der Waals surface area contributed by atoms with Gasteiger partial charge in [0.2, 0.25) is 0 Å². The second-order valence-corrected chi connectivity index (χ2v) is 3.67. The van der Waals surface area contributed by atoms with Crippen molar-refractivity contribution in [1.82, 2.24) is 0 Å². The number of nitrogens with zero attached hydrogens (tertiary/aromatic N) is 1. The van der Waals surface area contributed by atoms with Crippen molar-refractivity contribution in [2.45, 2.75) is 11.0 Å². The van der Waals surface area contributed by atoms with Crippen LogP contribution in [0.5, 0.6) is 0 Å². The van der Waals surface area contributed by atoms with Gasteiger partial charge in [-0.05, 0) is 17.7 Å². The van der Waals surface area contributed by atoms with Crippen molar-refractivity contribution in [2.24, 2.45) is 0 Å². The molecule has 1 aromatic carbocycles. The molecule has 0 radical (unpaired) electrons.